The van der Waals surface area contributed by atoms with Crippen LogP contribution in [0.3, 0.4) is 0 Å². The van der Waals surface area contributed by atoms with E-state index < -0.39 is 12.0 Å². The molecule has 0 saturated carbocycles. The van der Waals surface area contributed by atoms with Crippen LogP contribution < -0.4 is 5.32 Å². The molecule has 2 N–H and O–H groups in total. The summed E-state index contributed by atoms with van der Waals surface area (Å²) in [5.41, 5.74) is 0. The lowest BCUT2D eigenvalue weighted by Gasteiger charge is -2.14. The fourth-order valence-corrected chi connectivity index (χ4v) is 0.826. The average molecular weight is 246 g/mol. The number of aliphatic carboxylic acids is 1. The lowest BCUT2D eigenvalue weighted by atomic mass is 10.3. The van der Waals surface area contributed by atoms with Crippen LogP contribution in [0.2, 0.25) is 0 Å². The summed E-state index contributed by atoms with van der Waals surface area (Å²) in [5.74, 6) is -1.23. The first-order valence-corrected chi connectivity index (χ1v) is 6.09. The summed E-state index contributed by atoms with van der Waals surface area (Å²) in [6, 6.07) is -0.811. The molecule has 1 unspecified atom stereocenters. The van der Waals surface area contributed by atoms with Crippen molar-refractivity contribution in [2.24, 2.45) is 0 Å². The van der Waals surface area contributed by atoms with Gasteiger partial charge < -0.3 is 15.3 Å². The number of nitrogens with one attached hydrogen (secondary N) is 1. The third-order valence-electron chi connectivity index (χ3n) is 2.01. The van der Waals surface area contributed by atoms with E-state index in [0.717, 1.165) is 6.54 Å². The largest absolute Gasteiger partial charge is 0.480 e. The van der Waals surface area contributed by atoms with Gasteiger partial charge in [0, 0.05) is 13.0 Å². The predicted octanol–water partition coefficient (Wildman–Crippen LogP) is 1.33. The fourth-order valence-electron chi connectivity index (χ4n) is 0.826. The summed E-state index contributed by atoms with van der Waals surface area (Å²) in [6.07, 6.45) is 1.59. The monoisotopic (exact) mass is 246 g/mol. The standard InChI is InChI=1S/C9H18N2O3.C3H8/c1-4-11(3)6-5-8(12)10-7(2)9(13)14;1-3-2/h7H,4-6H2,1-3H3,(H,10,12)(H,13,14);3H2,1-2H3. The van der Waals surface area contributed by atoms with Gasteiger partial charge in [-0.2, -0.15) is 0 Å². The quantitative estimate of drug-likeness (QED) is 0.742. The summed E-state index contributed by atoms with van der Waals surface area (Å²) < 4.78 is 0. The SMILES string of the molecule is CCC.CCN(C)CCC(=O)NC(C)C(=O)O. The molecule has 0 aliphatic carbocycles. The summed E-state index contributed by atoms with van der Waals surface area (Å²) in [6.45, 7) is 9.22. The Morgan fingerprint density at radius 2 is 1.76 bits per heavy atom. The van der Waals surface area contributed by atoms with E-state index in [1.807, 2.05) is 18.9 Å². The van der Waals surface area contributed by atoms with Crippen LogP contribution in [0, 0.1) is 0 Å². The molecule has 0 rings (SSSR count). The number of hydrogen-bond acceptors (Lipinski definition) is 3. The van der Waals surface area contributed by atoms with E-state index in [1.54, 1.807) is 0 Å². The van der Waals surface area contributed by atoms with Crippen LogP contribution in [0.15, 0.2) is 0 Å². The van der Waals surface area contributed by atoms with Crippen molar-refractivity contribution in [3.05, 3.63) is 0 Å². The molecule has 0 heterocycles. The number of nitrogens with zero attached hydrogens (tertiary/aromatic N) is 1. The van der Waals surface area contributed by atoms with Crippen LogP contribution >= 0.6 is 0 Å². The van der Waals surface area contributed by atoms with Crippen LogP contribution in [-0.4, -0.2) is 48.1 Å². The van der Waals surface area contributed by atoms with Crippen molar-refractivity contribution in [1.82, 2.24) is 10.2 Å². The Morgan fingerprint density at radius 1 is 1.29 bits per heavy atom. The van der Waals surface area contributed by atoms with Gasteiger partial charge in [-0.3, -0.25) is 9.59 Å². The Kier molecular flexibility index (Phi) is 12.2. The maximum absolute atomic E-state index is 11.2. The minimum absolute atomic E-state index is 0.222. The molecule has 0 aromatic carbocycles. The van der Waals surface area contributed by atoms with Gasteiger partial charge in [0.2, 0.25) is 5.91 Å². The molecule has 5 heteroatoms. The second kappa shape index (κ2) is 11.4. The molecule has 17 heavy (non-hydrogen) atoms. The minimum atomic E-state index is -1.01. The summed E-state index contributed by atoms with van der Waals surface area (Å²) in [4.78, 5) is 23.6. The lowest BCUT2D eigenvalue weighted by Crippen LogP contribution is -2.39. The number of rotatable bonds is 6. The smallest absolute Gasteiger partial charge is 0.325 e. The number of carboxylic acid groups (broad SMARTS) is 1. The highest BCUT2D eigenvalue weighted by molar-refractivity contribution is 5.83. The molecule has 0 radical (unpaired) electrons. The number of carboxylic acids is 1. The highest BCUT2D eigenvalue weighted by Gasteiger charge is 2.13. The summed E-state index contributed by atoms with van der Waals surface area (Å²) >= 11 is 0. The van der Waals surface area contributed by atoms with E-state index in [2.05, 4.69) is 19.2 Å². The van der Waals surface area contributed by atoms with E-state index in [4.69, 9.17) is 5.11 Å². The van der Waals surface area contributed by atoms with E-state index in [1.165, 1.54) is 13.3 Å². The maximum atomic E-state index is 11.2. The van der Waals surface area contributed by atoms with Crippen LogP contribution in [0.5, 0.6) is 0 Å². The lowest BCUT2D eigenvalue weighted by molar-refractivity contribution is -0.141. The van der Waals surface area contributed by atoms with Crippen molar-refractivity contribution < 1.29 is 14.7 Å². The second-order valence-electron chi connectivity index (χ2n) is 3.98. The number of carbonyl (C=O) groups excluding carboxylic acids is 1. The van der Waals surface area contributed by atoms with Crippen LogP contribution in [0.4, 0.5) is 0 Å². The third-order valence-corrected chi connectivity index (χ3v) is 2.01. The van der Waals surface area contributed by atoms with Gasteiger partial charge in [-0.25, -0.2) is 0 Å². The van der Waals surface area contributed by atoms with Crippen LogP contribution in [0.25, 0.3) is 0 Å². The first-order chi connectivity index (χ1) is 7.88. The number of carbonyl (C=O) groups is 2. The molecular formula is C12H26N2O3. The number of amides is 1. The van der Waals surface area contributed by atoms with Crippen LogP contribution in [-0.2, 0) is 9.59 Å². The Labute approximate surface area is 104 Å². The van der Waals surface area contributed by atoms with Crippen LogP contribution in [0.1, 0.15) is 40.5 Å². The normalized spacial score (nSPS) is 11.4. The van der Waals surface area contributed by atoms with Crippen molar-refractivity contribution in [2.45, 2.75) is 46.6 Å². The van der Waals surface area contributed by atoms with E-state index in [9.17, 15) is 9.59 Å². The maximum Gasteiger partial charge on any atom is 0.325 e. The highest BCUT2D eigenvalue weighted by atomic mass is 16.4. The zero-order chi connectivity index (χ0) is 13.8. The van der Waals surface area contributed by atoms with Crippen molar-refractivity contribution in [1.29, 1.82) is 0 Å². The molecule has 102 valence electrons. The topological polar surface area (TPSA) is 69.6 Å². The molecule has 1 atom stereocenters. The first kappa shape index (κ1) is 18.3. The Hall–Kier alpha value is -1.10. The molecule has 5 nitrogen and oxygen atoms in total. The summed E-state index contributed by atoms with van der Waals surface area (Å²) in [5, 5.41) is 10.9. The van der Waals surface area contributed by atoms with E-state index >= 15 is 0 Å². The molecule has 0 bridgehead atoms. The third kappa shape index (κ3) is 12.8. The Balaban J connectivity index is 0. The Bertz CT molecular complexity index is 220. The van der Waals surface area contributed by atoms with Gasteiger partial charge in [-0.05, 0) is 20.5 Å². The molecule has 0 aliphatic rings. The molecule has 0 aromatic rings. The van der Waals surface area contributed by atoms with Gasteiger partial charge in [-0.1, -0.05) is 27.2 Å². The van der Waals surface area contributed by atoms with Crippen molar-refractivity contribution >= 4 is 11.9 Å². The molecule has 0 saturated heterocycles. The second-order valence-corrected chi connectivity index (χ2v) is 3.98. The van der Waals surface area contributed by atoms with Crippen molar-refractivity contribution in [2.75, 3.05) is 20.1 Å². The van der Waals surface area contributed by atoms with Gasteiger partial charge in [0.25, 0.3) is 0 Å². The van der Waals surface area contributed by atoms with Crippen molar-refractivity contribution in [3.63, 3.8) is 0 Å². The molecular weight excluding hydrogens is 220 g/mol. The van der Waals surface area contributed by atoms with Gasteiger partial charge in [0.1, 0.15) is 6.04 Å². The average Bonchev–Trinajstić information content (AvgIpc) is 2.26. The van der Waals surface area contributed by atoms with Gasteiger partial charge in [0.05, 0.1) is 0 Å². The zero-order valence-electron chi connectivity index (χ0n) is 11.6. The minimum Gasteiger partial charge on any atom is -0.480 e. The zero-order valence-corrected chi connectivity index (χ0v) is 11.6. The van der Waals surface area contributed by atoms with E-state index in [-0.39, 0.29) is 5.91 Å². The van der Waals surface area contributed by atoms with Gasteiger partial charge >= 0.3 is 5.97 Å². The molecule has 0 spiro atoms. The Morgan fingerprint density at radius 3 is 2.12 bits per heavy atom. The van der Waals surface area contributed by atoms with Crippen molar-refractivity contribution in [3.8, 4) is 0 Å². The molecule has 0 aromatic heterocycles. The van der Waals surface area contributed by atoms with Gasteiger partial charge in [-0.15, -0.1) is 0 Å². The summed E-state index contributed by atoms with van der Waals surface area (Å²) in [7, 11) is 1.91. The first-order valence-electron chi connectivity index (χ1n) is 6.09. The molecule has 0 fully saturated rings. The number of hydrogen-bond donors (Lipinski definition) is 2. The molecule has 0 aliphatic heterocycles. The molecule has 1 amide bonds. The van der Waals surface area contributed by atoms with E-state index in [0.29, 0.717) is 13.0 Å². The highest BCUT2D eigenvalue weighted by Crippen LogP contribution is 1.89. The van der Waals surface area contributed by atoms with Gasteiger partial charge in [0.15, 0.2) is 0 Å². The predicted molar refractivity (Wildman–Crippen MR) is 69.0 cm³/mol. The fraction of sp³-hybridized carbons (Fsp3) is 0.833.